The SMILES string of the molecule is CC(C)N(Cc1ccccc1)C(=O)CCC1C(=O)NNC1=O. The zero-order valence-electron chi connectivity index (χ0n) is 12.8. The van der Waals surface area contributed by atoms with Gasteiger partial charge in [0.1, 0.15) is 5.92 Å². The van der Waals surface area contributed by atoms with Crippen molar-refractivity contribution in [2.24, 2.45) is 5.92 Å². The molecule has 0 spiro atoms. The number of carbonyl (C=O) groups is 3. The van der Waals surface area contributed by atoms with E-state index in [9.17, 15) is 14.4 Å². The summed E-state index contributed by atoms with van der Waals surface area (Å²) in [5.74, 6) is -1.55. The van der Waals surface area contributed by atoms with Gasteiger partial charge in [0.15, 0.2) is 0 Å². The molecule has 1 aliphatic rings. The maximum absolute atomic E-state index is 12.4. The van der Waals surface area contributed by atoms with E-state index >= 15 is 0 Å². The van der Waals surface area contributed by atoms with E-state index < -0.39 is 5.92 Å². The largest absolute Gasteiger partial charge is 0.336 e. The van der Waals surface area contributed by atoms with E-state index in [0.29, 0.717) is 6.54 Å². The van der Waals surface area contributed by atoms with Gasteiger partial charge in [-0.1, -0.05) is 30.3 Å². The van der Waals surface area contributed by atoms with E-state index in [0.717, 1.165) is 5.56 Å². The molecule has 0 atom stereocenters. The van der Waals surface area contributed by atoms with Gasteiger partial charge in [-0.3, -0.25) is 25.2 Å². The lowest BCUT2D eigenvalue weighted by Gasteiger charge is -2.27. The predicted octanol–water partition coefficient (Wildman–Crippen LogP) is 0.981. The molecule has 22 heavy (non-hydrogen) atoms. The van der Waals surface area contributed by atoms with E-state index in [1.165, 1.54) is 0 Å². The number of carbonyl (C=O) groups excluding carboxylic acids is 3. The minimum Gasteiger partial charge on any atom is -0.336 e. The first-order valence-corrected chi connectivity index (χ1v) is 7.42. The Bertz CT molecular complexity index is 541. The van der Waals surface area contributed by atoms with Crippen LogP contribution >= 0.6 is 0 Å². The quantitative estimate of drug-likeness (QED) is 0.769. The molecule has 1 aromatic rings. The fraction of sp³-hybridized carbons (Fsp3) is 0.438. The Labute approximate surface area is 129 Å². The Hall–Kier alpha value is -2.37. The first-order chi connectivity index (χ1) is 10.5. The van der Waals surface area contributed by atoms with Crippen molar-refractivity contribution in [3.8, 4) is 0 Å². The highest BCUT2D eigenvalue weighted by atomic mass is 16.2. The van der Waals surface area contributed by atoms with Gasteiger partial charge in [-0.2, -0.15) is 0 Å². The molecule has 118 valence electrons. The minimum absolute atomic E-state index is 0.0497. The van der Waals surface area contributed by atoms with E-state index in [-0.39, 0.29) is 36.6 Å². The van der Waals surface area contributed by atoms with Gasteiger partial charge in [0, 0.05) is 19.0 Å². The van der Waals surface area contributed by atoms with Gasteiger partial charge in [0.05, 0.1) is 0 Å². The summed E-state index contributed by atoms with van der Waals surface area (Å²) in [5, 5.41) is 0. The van der Waals surface area contributed by atoms with Gasteiger partial charge in [0.2, 0.25) is 5.91 Å². The second-order valence-corrected chi connectivity index (χ2v) is 5.67. The van der Waals surface area contributed by atoms with Gasteiger partial charge in [-0.05, 0) is 25.8 Å². The lowest BCUT2D eigenvalue weighted by Crippen LogP contribution is -2.37. The Morgan fingerprint density at radius 3 is 2.27 bits per heavy atom. The summed E-state index contributed by atoms with van der Waals surface area (Å²) in [5.41, 5.74) is 5.60. The molecule has 0 bridgehead atoms. The van der Waals surface area contributed by atoms with Crippen LogP contribution in [0.3, 0.4) is 0 Å². The molecule has 6 nitrogen and oxygen atoms in total. The Morgan fingerprint density at radius 2 is 1.73 bits per heavy atom. The third-order valence-corrected chi connectivity index (χ3v) is 3.73. The Balaban J connectivity index is 1.95. The fourth-order valence-corrected chi connectivity index (χ4v) is 2.43. The van der Waals surface area contributed by atoms with E-state index in [1.54, 1.807) is 4.90 Å². The van der Waals surface area contributed by atoms with Crippen LogP contribution in [0.25, 0.3) is 0 Å². The van der Waals surface area contributed by atoms with Crippen molar-refractivity contribution in [1.29, 1.82) is 0 Å². The topological polar surface area (TPSA) is 78.5 Å². The number of amides is 3. The van der Waals surface area contributed by atoms with Crippen LogP contribution in [0.2, 0.25) is 0 Å². The minimum atomic E-state index is -0.769. The smallest absolute Gasteiger partial charge is 0.251 e. The summed E-state index contributed by atoms with van der Waals surface area (Å²) in [4.78, 5) is 37.1. The number of hydrogen-bond acceptors (Lipinski definition) is 3. The highest BCUT2D eigenvalue weighted by Gasteiger charge is 2.33. The first kappa shape index (κ1) is 16.0. The fourth-order valence-electron chi connectivity index (χ4n) is 2.43. The monoisotopic (exact) mass is 303 g/mol. The van der Waals surface area contributed by atoms with Crippen molar-refractivity contribution < 1.29 is 14.4 Å². The van der Waals surface area contributed by atoms with Gasteiger partial charge in [-0.15, -0.1) is 0 Å². The zero-order valence-corrected chi connectivity index (χ0v) is 12.8. The number of benzene rings is 1. The van der Waals surface area contributed by atoms with Crippen molar-refractivity contribution in [3.63, 3.8) is 0 Å². The molecular formula is C16H21N3O3. The molecule has 0 radical (unpaired) electrons. The van der Waals surface area contributed by atoms with Gasteiger partial charge < -0.3 is 4.90 Å². The van der Waals surface area contributed by atoms with Crippen LogP contribution in [0.5, 0.6) is 0 Å². The van der Waals surface area contributed by atoms with E-state index in [2.05, 4.69) is 10.9 Å². The highest BCUT2D eigenvalue weighted by Crippen LogP contribution is 2.15. The maximum atomic E-state index is 12.4. The second kappa shape index (κ2) is 7.06. The van der Waals surface area contributed by atoms with Gasteiger partial charge in [0.25, 0.3) is 11.8 Å². The number of nitrogens with zero attached hydrogens (tertiary/aromatic N) is 1. The molecule has 2 N–H and O–H groups in total. The molecule has 1 aromatic carbocycles. The molecule has 1 aliphatic heterocycles. The van der Waals surface area contributed by atoms with Crippen molar-refractivity contribution in [2.75, 3.05) is 0 Å². The molecule has 0 aromatic heterocycles. The average Bonchev–Trinajstić information content (AvgIpc) is 2.82. The van der Waals surface area contributed by atoms with Crippen molar-refractivity contribution in [1.82, 2.24) is 15.8 Å². The number of nitrogens with one attached hydrogen (secondary N) is 2. The van der Waals surface area contributed by atoms with Crippen molar-refractivity contribution in [2.45, 2.75) is 39.3 Å². The average molecular weight is 303 g/mol. The summed E-state index contributed by atoms with van der Waals surface area (Å²) < 4.78 is 0. The molecule has 0 aliphatic carbocycles. The number of hydrogen-bond donors (Lipinski definition) is 2. The van der Waals surface area contributed by atoms with E-state index in [4.69, 9.17) is 0 Å². The molecule has 6 heteroatoms. The molecule has 1 heterocycles. The Morgan fingerprint density at radius 1 is 1.14 bits per heavy atom. The van der Waals surface area contributed by atoms with Crippen LogP contribution in [0.1, 0.15) is 32.3 Å². The predicted molar refractivity (Wildman–Crippen MR) is 81.1 cm³/mol. The van der Waals surface area contributed by atoms with Gasteiger partial charge in [-0.25, -0.2) is 0 Å². The van der Waals surface area contributed by atoms with Crippen LogP contribution in [0.4, 0.5) is 0 Å². The van der Waals surface area contributed by atoms with Crippen LogP contribution in [-0.2, 0) is 20.9 Å². The zero-order chi connectivity index (χ0) is 16.1. The lowest BCUT2D eigenvalue weighted by atomic mass is 10.0. The lowest BCUT2D eigenvalue weighted by molar-refractivity contribution is -0.134. The number of hydrazine groups is 1. The summed E-state index contributed by atoms with van der Waals surface area (Å²) in [6.07, 6.45) is 0.408. The third kappa shape index (κ3) is 3.84. The van der Waals surface area contributed by atoms with Crippen LogP contribution in [0.15, 0.2) is 30.3 Å². The van der Waals surface area contributed by atoms with Crippen molar-refractivity contribution in [3.05, 3.63) is 35.9 Å². The molecule has 0 saturated carbocycles. The third-order valence-electron chi connectivity index (χ3n) is 3.73. The second-order valence-electron chi connectivity index (χ2n) is 5.67. The van der Waals surface area contributed by atoms with E-state index in [1.807, 2.05) is 44.2 Å². The summed E-state index contributed by atoms with van der Waals surface area (Å²) in [6.45, 7) is 4.44. The normalized spacial score (nSPS) is 14.9. The standard InChI is InChI=1S/C16H21N3O3/c1-11(2)19(10-12-6-4-3-5-7-12)14(20)9-8-13-15(21)17-18-16(13)22/h3-7,11,13H,8-10H2,1-2H3,(H,17,21)(H,18,22). The molecule has 2 rings (SSSR count). The summed E-state index contributed by atoms with van der Waals surface area (Å²) in [6, 6.07) is 9.80. The van der Waals surface area contributed by atoms with Crippen LogP contribution in [0, 0.1) is 5.92 Å². The molecule has 1 fully saturated rings. The number of rotatable bonds is 6. The maximum Gasteiger partial charge on any atom is 0.251 e. The van der Waals surface area contributed by atoms with Crippen molar-refractivity contribution >= 4 is 17.7 Å². The summed E-state index contributed by atoms with van der Waals surface area (Å²) in [7, 11) is 0. The molecule has 1 saturated heterocycles. The first-order valence-electron chi connectivity index (χ1n) is 7.42. The highest BCUT2D eigenvalue weighted by molar-refractivity contribution is 6.05. The summed E-state index contributed by atoms with van der Waals surface area (Å²) >= 11 is 0. The van der Waals surface area contributed by atoms with Crippen LogP contribution in [-0.4, -0.2) is 28.7 Å². The van der Waals surface area contributed by atoms with Gasteiger partial charge >= 0.3 is 0 Å². The van der Waals surface area contributed by atoms with Crippen LogP contribution < -0.4 is 10.9 Å². The Kier molecular flexibility index (Phi) is 5.14. The molecule has 0 unspecified atom stereocenters. The molecular weight excluding hydrogens is 282 g/mol. The molecule has 3 amide bonds.